The van der Waals surface area contributed by atoms with Gasteiger partial charge in [0.25, 0.3) is 11.3 Å². The van der Waals surface area contributed by atoms with Crippen LogP contribution in [0.4, 0.5) is 0 Å². The summed E-state index contributed by atoms with van der Waals surface area (Å²) in [4.78, 5) is 21.5. The van der Waals surface area contributed by atoms with Crippen LogP contribution >= 0.6 is 0 Å². The Balaban J connectivity index is 2.14. The Morgan fingerprint density at radius 3 is 2.55 bits per heavy atom. The predicted octanol–water partition coefficient (Wildman–Crippen LogP) is 2.05. The van der Waals surface area contributed by atoms with Crippen molar-refractivity contribution in [2.24, 2.45) is 0 Å². The highest BCUT2D eigenvalue weighted by Gasteiger charge is 2.13. The van der Waals surface area contributed by atoms with Crippen LogP contribution in [-0.2, 0) is 0 Å². The molecular weight excluding hydrogens is 278 g/mol. The fraction of sp³-hybridized carbons (Fsp3) is 0.125. The summed E-state index contributed by atoms with van der Waals surface area (Å²) in [6, 6.07) is 11.4. The zero-order chi connectivity index (χ0) is 15.3. The lowest BCUT2D eigenvalue weighted by molar-refractivity contribution is 0.933. The van der Waals surface area contributed by atoms with Crippen LogP contribution in [-0.4, -0.2) is 24.1 Å². The van der Waals surface area contributed by atoms with E-state index in [0.717, 1.165) is 11.2 Å². The molecule has 0 fully saturated rings. The van der Waals surface area contributed by atoms with E-state index in [1.807, 2.05) is 43.3 Å². The minimum Gasteiger partial charge on any atom is -0.284 e. The first-order chi connectivity index (χ1) is 10.6. The van der Waals surface area contributed by atoms with Gasteiger partial charge in [-0.2, -0.15) is 9.50 Å². The molecule has 0 spiro atoms. The molecule has 0 amide bonds. The topological polar surface area (TPSA) is 65.1 Å². The fourth-order valence-corrected chi connectivity index (χ4v) is 2.68. The van der Waals surface area contributed by atoms with Crippen LogP contribution in [0.25, 0.3) is 22.4 Å². The number of hydrogen-bond acceptors (Lipinski definition) is 4. The van der Waals surface area contributed by atoms with E-state index < -0.39 is 0 Å². The SMILES string of the molecule is Cc1nc2nc(C)c3c(=O)n(-c4ccccc4)ccc3n2n1. The van der Waals surface area contributed by atoms with Gasteiger partial charge in [-0.05, 0) is 32.0 Å². The monoisotopic (exact) mass is 291 g/mol. The number of para-hydroxylation sites is 1. The van der Waals surface area contributed by atoms with Crippen LogP contribution < -0.4 is 5.56 Å². The van der Waals surface area contributed by atoms with E-state index in [0.29, 0.717) is 22.7 Å². The number of pyridine rings is 1. The largest absolute Gasteiger partial charge is 0.284 e. The minimum absolute atomic E-state index is 0.108. The van der Waals surface area contributed by atoms with Crippen molar-refractivity contribution < 1.29 is 0 Å². The maximum atomic E-state index is 12.9. The first kappa shape index (κ1) is 12.7. The first-order valence-corrected chi connectivity index (χ1v) is 6.96. The maximum Gasteiger partial charge on any atom is 0.266 e. The zero-order valence-corrected chi connectivity index (χ0v) is 12.2. The highest BCUT2D eigenvalue weighted by atomic mass is 16.1. The summed E-state index contributed by atoms with van der Waals surface area (Å²) < 4.78 is 3.24. The van der Waals surface area contributed by atoms with Crippen molar-refractivity contribution in [2.75, 3.05) is 0 Å². The fourth-order valence-electron chi connectivity index (χ4n) is 2.68. The van der Waals surface area contributed by atoms with Gasteiger partial charge in [-0.3, -0.25) is 9.36 Å². The Morgan fingerprint density at radius 2 is 1.77 bits per heavy atom. The predicted molar refractivity (Wildman–Crippen MR) is 83.4 cm³/mol. The molecule has 6 heteroatoms. The van der Waals surface area contributed by atoms with Crippen LogP contribution in [0.15, 0.2) is 47.4 Å². The van der Waals surface area contributed by atoms with Crippen molar-refractivity contribution in [1.82, 2.24) is 24.1 Å². The van der Waals surface area contributed by atoms with Crippen LogP contribution in [0, 0.1) is 13.8 Å². The lowest BCUT2D eigenvalue weighted by Gasteiger charge is -2.09. The van der Waals surface area contributed by atoms with Crippen molar-refractivity contribution in [2.45, 2.75) is 13.8 Å². The number of nitrogens with zero attached hydrogens (tertiary/aromatic N) is 5. The van der Waals surface area contributed by atoms with Crippen molar-refractivity contribution in [3.8, 4) is 5.69 Å². The van der Waals surface area contributed by atoms with E-state index in [1.165, 1.54) is 0 Å². The molecule has 0 radical (unpaired) electrons. The third-order valence-corrected chi connectivity index (χ3v) is 3.66. The second-order valence-electron chi connectivity index (χ2n) is 5.15. The lowest BCUT2D eigenvalue weighted by atomic mass is 10.2. The van der Waals surface area contributed by atoms with Crippen molar-refractivity contribution in [3.63, 3.8) is 0 Å². The minimum atomic E-state index is -0.108. The lowest BCUT2D eigenvalue weighted by Crippen LogP contribution is -2.20. The van der Waals surface area contributed by atoms with Crippen LogP contribution in [0.5, 0.6) is 0 Å². The summed E-state index contributed by atoms with van der Waals surface area (Å²) in [7, 11) is 0. The smallest absolute Gasteiger partial charge is 0.266 e. The Kier molecular flexibility index (Phi) is 2.59. The van der Waals surface area contributed by atoms with Gasteiger partial charge in [-0.15, -0.1) is 5.10 Å². The molecule has 4 aromatic rings. The third-order valence-electron chi connectivity index (χ3n) is 3.66. The summed E-state index contributed by atoms with van der Waals surface area (Å²) in [5.41, 5.74) is 2.10. The highest BCUT2D eigenvalue weighted by molar-refractivity contribution is 5.82. The summed E-state index contributed by atoms with van der Waals surface area (Å²) in [5, 5.41) is 4.88. The van der Waals surface area contributed by atoms with Crippen molar-refractivity contribution in [1.29, 1.82) is 0 Å². The number of aromatic nitrogens is 5. The molecule has 22 heavy (non-hydrogen) atoms. The van der Waals surface area contributed by atoms with Crippen molar-refractivity contribution >= 4 is 16.7 Å². The van der Waals surface area contributed by atoms with E-state index in [9.17, 15) is 4.79 Å². The molecule has 0 aliphatic heterocycles. The molecule has 0 unspecified atom stereocenters. The van der Waals surface area contributed by atoms with Gasteiger partial charge in [0, 0.05) is 11.9 Å². The van der Waals surface area contributed by atoms with E-state index in [2.05, 4.69) is 15.1 Å². The van der Waals surface area contributed by atoms with E-state index in [1.54, 1.807) is 22.2 Å². The Morgan fingerprint density at radius 1 is 1.00 bits per heavy atom. The third kappa shape index (κ3) is 1.74. The number of benzene rings is 1. The molecule has 0 saturated heterocycles. The molecule has 0 aliphatic carbocycles. The molecule has 3 aromatic heterocycles. The van der Waals surface area contributed by atoms with E-state index in [-0.39, 0.29) is 5.56 Å². The molecule has 6 nitrogen and oxygen atoms in total. The average molecular weight is 291 g/mol. The molecule has 0 saturated carbocycles. The molecule has 108 valence electrons. The molecule has 4 rings (SSSR count). The molecule has 0 N–H and O–H groups in total. The van der Waals surface area contributed by atoms with Crippen LogP contribution in [0.1, 0.15) is 11.5 Å². The van der Waals surface area contributed by atoms with Gasteiger partial charge in [-0.1, -0.05) is 18.2 Å². The normalized spacial score (nSPS) is 11.4. The summed E-state index contributed by atoms with van der Waals surface area (Å²) in [6.45, 7) is 3.63. The van der Waals surface area contributed by atoms with Gasteiger partial charge in [-0.25, -0.2) is 4.98 Å². The average Bonchev–Trinajstić information content (AvgIpc) is 2.88. The van der Waals surface area contributed by atoms with Crippen molar-refractivity contribution in [3.05, 3.63) is 64.5 Å². The number of aryl methyl sites for hydroxylation is 2. The zero-order valence-electron chi connectivity index (χ0n) is 12.2. The van der Waals surface area contributed by atoms with E-state index >= 15 is 0 Å². The molecular formula is C16H13N5O. The van der Waals surface area contributed by atoms with Crippen LogP contribution in [0.3, 0.4) is 0 Å². The molecule has 0 bridgehead atoms. The van der Waals surface area contributed by atoms with Crippen LogP contribution in [0.2, 0.25) is 0 Å². The molecule has 0 aliphatic rings. The number of hydrogen-bond donors (Lipinski definition) is 0. The van der Waals surface area contributed by atoms with E-state index in [4.69, 9.17) is 0 Å². The summed E-state index contributed by atoms with van der Waals surface area (Å²) >= 11 is 0. The second kappa shape index (κ2) is 4.49. The Labute approximate surface area is 125 Å². The molecule has 3 heterocycles. The first-order valence-electron chi connectivity index (χ1n) is 6.96. The van der Waals surface area contributed by atoms with Gasteiger partial charge in [0.05, 0.1) is 16.6 Å². The summed E-state index contributed by atoms with van der Waals surface area (Å²) in [5.74, 6) is 1.14. The summed E-state index contributed by atoms with van der Waals surface area (Å²) in [6.07, 6.45) is 1.76. The number of fused-ring (bicyclic) bond motifs is 3. The van der Waals surface area contributed by atoms with Gasteiger partial charge in [0.1, 0.15) is 5.82 Å². The second-order valence-corrected chi connectivity index (χ2v) is 5.15. The maximum absolute atomic E-state index is 12.9. The Bertz CT molecular complexity index is 1060. The quantitative estimate of drug-likeness (QED) is 0.538. The molecule has 0 atom stereocenters. The van der Waals surface area contributed by atoms with Gasteiger partial charge in [0.15, 0.2) is 0 Å². The Hall–Kier alpha value is -3.02. The standard InChI is InChI=1S/C16H13N5O/c1-10-14-13(21-16(17-10)18-11(2)19-21)8-9-20(15(14)22)12-6-4-3-5-7-12/h3-9H,1-2H3. The molecule has 1 aromatic carbocycles. The van der Waals surface area contributed by atoms with Gasteiger partial charge in [0.2, 0.25) is 0 Å². The number of rotatable bonds is 1. The van der Waals surface area contributed by atoms with Gasteiger partial charge < -0.3 is 0 Å². The highest BCUT2D eigenvalue weighted by Crippen LogP contribution is 2.16. The van der Waals surface area contributed by atoms with Gasteiger partial charge >= 0.3 is 0 Å².